The van der Waals surface area contributed by atoms with Crippen molar-refractivity contribution in [1.82, 2.24) is 0 Å². The Morgan fingerprint density at radius 1 is 0.686 bits per heavy atom. The summed E-state index contributed by atoms with van der Waals surface area (Å²) in [6, 6.07) is 18.1. The third-order valence-corrected chi connectivity index (χ3v) is 5.98. The van der Waals surface area contributed by atoms with Crippen molar-refractivity contribution in [2.24, 2.45) is 0 Å². The molecule has 4 rings (SSSR count). The standard InChI is InChI=1S/C28H22F6O/c1-35-13-12-17-2-5-19(6-3-17)21-10-11-23-22(16-21)9-8-20(27(23)31)7-4-18-14-24(29)26(25(30)15-18)28(32,33)34/h2-3,5-6,8-11,14-16H,4,7,12-13H2,1H3. The van der Waals surface area contributed by atoms with Gasteiger partial charge in [0, 0.05) is 12.5 Å². The molecule has 0 aliphatic rings. The summed E-state index contributed by atoms with van der Waals surface area (Å²) in [5.74, 6) is -3.81. The number of hydrogen-bond donors (Lipinski definition) is 0. The molecule has 0 bridgehead atoms. The van der Waals surface area contributed by atoms with Gasteiger partial charge < -0.3 is 4.74 Å². The molecule has 1 nitrogen and oxygen atoms in total. The average Bonchev–Trinajstić information content (AvgIpc) is 2.81. The fraction of sp³-hybridized carbons (Fsp3) is 0.214. The molecule has 0 spiro atoms. The van der Waals surface area contributed by atoms with Crippen molar-refractivity contribution in [1.29, 1.82) is 0 Å². The van der Waals surface area contributed by atoms with Crippen molar-refractivity contribution >= 4 is 10.8 Å². The molecule has 4 aromatic rings. The molecule has 0 radical (unpaired) electrons. The summed E-state index contributed by atoms with van der Waals surface area (Å²) in [5.41, 5.74) is 1.49. The molecule has 0 aliphatic heterocycles. The van der Waals surface area contributed by atoms with E-state index in [1.165, 1.54) is 0 Å². The smallest absolute Gasteiger partial charge is 0.384 e. The zero-order valence-corrected chi connectivity index (χ0v) is 18.9. The van der Waals surface area contributed by atoms with Crippen LogP contribution in [-0.2, 0) is 30.2 Å². The van der Waals surface area contributed by atoms with Gasteiger partial charge in [0.1, 0.15) is 23.0 Å². The fourth-order valence-electron chi connectivity index (χ4n) is 4.11. The second-order valence-corrected chi connectivity index (χ2v) is 8.35. The minimum absolute atomic E-state index is 0.0120. The number of rotatable bonds is 7. The van der Waals surface area contributed by atoms with Gasteiger partial charge in [0.05, 0.1) is 6.61 Å². The molecule has 35 heavy (non-hydrogen) atoms. The quantitative estimate of drug-likeness (QED) is 0.240. The fourth-order valence-corrected chi connectivity index (χ4v) is 4.11. The first kappa shape index (κ1) is 24.8. The molecule has 0 aromatic heterocycles. The van der Waals surface area contributed by atoms with Crippen LogP contribution < -0.4 is 0 Å². The maximum Gasteiger partial charge on any atom is 0.422 e. The molecule has 0 fully saturated rings. The van der Waals surface area contributed by atoms with E-state index in [-0.39, 0.29) is 18.4 Å². The van der Waals surface area contributed by atoms with E-state index >= 15 is 4.39 Å². The molecule has 4 aromatic carbocycles. The van der Waals surface area contributed by atoms with E-state index in [9.17, 15) is 22.0 Å². The van der Waals surface area contributed by atoms with Gasteiger partial charge in [-0.15, -0.1) is 0 Å². The summed E-state index contributed by atoms with van der Waals surface area (Å²) in [6.07, 6.45) is -4.24. The molecule has 0 aliphatic carbocycles. The van der Waals surface area contributed by atoms with Crippen LogP contribution in [0.15, 0.2) is 66.7 Å². The largest absolute Gasteiger partial charge is 0.422 e. The van der Waals surface area contributed by atoms with Gasteiger partial charge >= 0.3 is 6.18 Å². The summed E-state index contributed by atoms with van der Waals surface area (Å²) in [4.78, 5) is 0. The lowest BCUT2D eigenvalue weighted by Crippen LogP contribution is -2.12. The van der Waals surface area contributed by atoms with Crippen LogP contribution in [0.2, 0.25) is 0 Å². The predicted octanol–water partition coefficient (Wildman–Crippen LogP) is 7.92. The lowest BCUT2D eigenvalue weighted by Gasteiger charge is -2.12. The van der Waals surface area contributed by atoms with Crippen LogP contribution in [0.5, 0.6) is 0 Å². The second kappa shape index (κ2) is 10.1. The highest BCUT2D eigenvalue weighted by Gasteiger charge is 2.37. The summed E-state index contributed by atoms with van der Waals surface area (Å²) >= 11 is 0. The number of methoxy groups -OCH3 is 1. The Balaban J connectivity index is 1.53. The molecular formula is C28H22F6O. The van der Waals surface area contributed by atoms with Gasteiger partial charge in [0.2, 0.25) is 0 Å². The zero-order valence-electron chi connectivity index (χ0n) is 18.9. The van der Waals surface area contributed by atoms with Gasteiger partial charge in [-0.2, -0.15) is 13.2 Å². The van der Waals surface area contributed by atoms with Crippen LogP contribution in [0.25, 0.3) is 21.9 Å². The van der Waals surface area contributed by atoms with E-state index in [2.05, 4.69) is 0 Å². The Labute approximate surface area is 199 Å². The first-order valence-electron chi connectivity index (χ1n) is 11.0. The van der Waals surface area contributed by atoms with E-state index in [0.717, 1.165) is 23.1 Å². The number of fused-ring (bicyclic) bond motifs is 1. The Bertz CT molecular complexity index is 1320. The van der Waals surface area contributed by atoms with Crippen LogP contribution in [0, 0.1) is 17.5 Å². The lowest BCUT2D eigenvalue weighted by atomic mass is 9.96. The summed E-state index contributed by atoms with van der Waals surface area (Å²) in [7, 11) is 1.66. The molecule has 0 saturated carbocycles. The summed E-state index contributed by atoms with van der Waals surface area (Å²) < 4.78 is 86.2. The van der Waals surface area contributed by atoms with E-state index < -0.39 is 29.2 Å². The van der Waals surface area contributed by atoms with Gasteiger partial charge in [-0.1, -0.05) is 48.5 Å². The van der Waals surface area contributed by atoms with Crippen molar-refractivity contribution in [2.45, 2.75) is 25.4 Å². The number of hydrogen-bond acceptors (Lipinski definition) is 1. The van der Waals surface area contributed by atoms with Gasteiger partial charge in [0.25, 0.3) is 0 Å². The third kappa shape index (κ3) is 5.51. The predicted molar refractivity (Wildman–Crippen MR) is 124 cm³/mol. The van der Waals surface area contributed by atoms with Gasteiger partial charge in [-0.3, -0.25) is 0 Å². The van der Waals surface area contributed by atoms with Crippen molar-refractivity contribution in [3.8, 4) is 11.1 Å². The molecule has 0 unspecified atom stereocenters. The van der Waals surface area contributed by atoms with Gasteiger partial charge in [0.15, 0.2) is 0 Å². The van der Waals surface area contributed by atoms with Gasteiger partial charge in [-0.05, 0) is 70.7 Å². The monoisotopic (exact) mass is 488 g/mol. The summed E-state index contributed by atoms with van der Waals surface area (Å²) in [5, 5.41) is 1.09. The molecular weight excluding hydrogens is 466 g/mol. The Morgan fingerprint density at radius 3 is 1.97 bits per heavy atom. The van der Waals surface area contributed by atoms with Crippen molar-refractivity contribution in [2.75, 3.05) is 13.7 Å². The number of benzene rings is 4. The molecule has 0 N–H and O–H groups in total. The maximum atomic E-state index is 15.1. The van der Waals surface area contributed by atoms with Crippen LogP contribution in [0.3, 0.4) is 0 Å². The first-order valence-corrected chi connectivity index (χ1v) is 11.0. The Hall–Kier alpha value is -3.32. The lowest BCUT2D eigenvalue weighted by molar-refractivity contribution is -0.142. The molecule has 0 heterocycles. The number of ether oxygens (including phenoxy) is 1. The minimum atomic E-state index is -5.12. The maximum absolute atomic E-state index is 15.1. The third-order valence-electron chi connectivity index (χ3n) is 5.98. The van der Waals surface area contributed by atoms with Crippen molar-refractivity contribution in [3.05, 3.63) is 106 Å². The van der Waals surface area contributed by atoms with E-state index in [4.69, 9.17) is 4.74 Å². The molecule has 182 valence electrons. The highest BCUT2D eigenvalue weighted by molar-refractivity contribution is 5.88. The van der Waals surface area contributed by atoms with Crippen molar-refractivity contribution < 1.29 is 31.1 Å². The molecule has 0 amide bonds. The van der Waals surface area contributed by atoms with Crippen LogP contribution in [-0.4, -0.2) is 13.7 Å². The number of halogens is 6. The highest BCUT2D eigenvalue weighted by Crippen LogP contribution is 2.34. The van der Waals surface area contributed by atoms with E-state index in [1.54, 1.807) is 25.3 Å². The second-order valence-electron chi connectivity index (χ2n) is 8.35. The molecule has 0 atom stereocenters. The molecule has 0 saturated heterocycles. The number of alkyl halides is 3. The average molecular weight is 488 g/mol. The topological polar surface area (TPSA) is 9.23 Å². The first-order chi connectivity index (χ1) is 16.7. The number of aryl methyl sites for hydroxylation is 2. The van der Waals surface area contributed by atoms with Crippen LogP contribution >= 0.6 is 0 Å². The normalized spacial score (nSPS) is 11.9. The molecule has 7 heteroatoms. The van der Waals surface area contributed by atoms with E-state index in [1.807, 2.05) is 36.4 Å². The Kier molecular flexibility index (Phi) is 7.17. The van der Waals surface area contributed by atoms with Crippen LogP contribution in [0.1, 0.15) is 22.3 Å². The highest BCUT2D eigenvalue weighted by atomic mass is 19.4. The van der Waals surface area contributed by atoms with Crippen molar-refractivity contribution in [3.63, 3.8) is 0 Å². The summed E-state index contributed by atoms with van der Waals surface area (Å²) in [6.45, 7) is 0.639. The van der Waals surface area contributed by atoms with E-state index in [0.29, 0.717) is 35.1 Å². The SMILES string of the molecule is COCCc1ccc(-c2ccc3c(F)c(CCc4cc(F)c(C(F)(F)F)c(F)c4)ccc3c2)cc1. The van der Waals surface area contributed by atoms with Gasteiger partial charge in [-0.25, -0.2) is 13.2 Å². The minimum Gasteiger partial charge on any atom is -0.384 e. The Morgan fingerprint density at radius 2 is 1.34 bits per heavy atom. The zero-order chi connectivity index (χ0) is 25.2. The van der Waals surface area contributed by atoms with Crippen LogP contribution in [0.4, 0.5) is 26.3 Å².